The maximum atomic E-state index is 8.93. The van der Waals surface area contributed by atoms with Crippen molar-refractivity contribution in [3.63, 3.8) is 0 Å². The molecule has 2 aromatic carbocycles. The third-order valence-electron chi connectivity index (χ3n) is 5.33. The van der Waals surface area contributed by atoms with Gasteiger partial charge in [0.2, 0.25) is 0 Å². The molecule has 0 spiro atoms. The summed E-state index contributed by atoms with van der Waals surface area (Å²) in [6.07, 6.45) is 5.00. The lowest BCUT2D eigenvalue weighted by Crippen LogP contribution is -2.32. The second-order valence-electron chi connectivity index (χ2n) is 7.41. The summed E-state index contributed by atoms with van der Waals surface area (Å²) in [4.78, 5) is 6.84. The molecule has 1 aliphatic heterocycles. The Morgan fingerprint density at radius 1 is 1.04 bits per heavy atom. The fraction of sp³-hybridized carbons (Fsp3) is 0.304. The maximum Gasteiger partial charge on any atom is 0.0991 e. The van der Waals surface area contributed by atoms with E-state index in [-0.39, 0.29) is 0 Å². The molecule has 0 bridgehead atoms. The Morgan fingerprint density at radius 3 is 2.61 bits per heavy atom. The van der Waals surface area contributed by atoms with E-state index in [0.717, 1.165) is 32.7 Å². The summed E-state index contributed by atoms with van der Waals surface area (Å²) >= 11 is 0. The molecule has 1 aromatic heterocycles. The summed E-state index contributed by atoms with van der Waals surface area (Å²) in [5.74, 6) is 0. The van der Waals surface area contributed by atoms with E-state index in [1.165, 1.54) is 23.2 Å². The Labute approximate surface area is 166 Å². The zero-order valence-electron chi connectivity index (χ0n) is 16.0. The van der Waals surface area contributed by atoms with Crippen LogP contribution in [0.4, 0.5) is 0 Å². The number of benzene rings is 2. The van der Waals surface area contributed by atoms with Gasteiger partial charge in [-0.15, -0.1) is 0 Å². The third kappa shape index (κ3) is 4.66. The summed E-state index contributed by atoms with van der Waals surface area (Å²) < 4.78 is 2.17. The van der Waals surface area contributed by atoms with Gasteiger partial charge in [-0.25, -0.2) is 4.98 Å². The van der Waals surface area contributed by atoms with Crippen LogP contribution >= 0.6 is 0 Å². The average Bonchev–Trinajstić information content (AvgIpc) is 3.37. The van der Waals surface area contributed by atoms with E-state index >= 15 is 0 Å². The number of rotatable bonds is 7. The lowest BCUT2D eigenvalue weighted by Gasteiger charge is -2.17. The van der Waals surface area contributed by atoms with Crippen LogP contribution in [-0.4, -0.2) is 33.6 Å². The number of nitrogens with one attached hydrogen (secondary N) is 1. The molecule has 5 heteroatoms. The monoisotopic (exact) mass is 371 g/mol. The number of nitrogens with zero attached hydrogens (tertiary/aromatic N) is 4. The summed E-state index contributed by atoms with van der Waals surface area (Å²) in [6, 6.07) is 21.1. The molecule has 0 amide bonds. The first-order valence-corrected chi connectivity index (χ1v) is 9.78. The van der Waals surface area contributed by atoms with Gasteiger partial charge >= 0.3 is 0 Å². The number of nitriles is 1. The van der Waals surface area contributed by atoms with E-state index in [4.69, 9.17) is 5.26 Å². The molecule has 0 saturated carbocycles. The van der Waals surface area contributed by atoms with Crippen LogP contribution in [0.3, 0.4) is 0 Å². The van der Waals surface area contributed by atoms with Crippen LogP contribution < -0.4 is 5.32 Å². The molecule has 3 aromatic rings. The summed E-state index contributed by atoms with van der Waals surface area (Å²) in [5, 5.41) is 12.6. The van der Waals surface area contributed by atoms with Crippen LogP contribution in [-0.2, 0) is 19.6 Å². The molecule has 0 radical (unpaired) electrons. The van der Waals surface area contributed by atoms with Gasteiger partial charge in [-0.1, -0.05) is 42.5 Å². The second-order valence-corrected chi connectivity index (χ2v) is 7.41. The molecule has 142 valence electrons. The minimum atomic E-state index is 0.516. The number of hydrogen-bond donors (Lipinski definition) is 1. The number of aromatic nitrogens is 2. The third-order valence-corrected chi connectivity index (χ3v) is 5.33. The molecule has 0 aliphatic carbocycles. The second kappa shape index (κ2) is 8.83. The van der Waals surface area contributed by atoms with Crippen molar-refractivity contribution in [2.45, 2.75) is 32.1 Å². The molecule has 1 N–H and O–H groups in total. The molecular formula is C23H25N5. The highest BCUT2D eigenvalue weighted by atomic mass is 15.2. The smallest absolute Gasteiger partial charge is 0.0991 e. The predicted molar refractivity (Wildman–Crippen MR) is 109 cm³/mol. The number of imidazole rings is 1. The Balaban J connectivity index is 1.29. The van der Waals surface area contributed by atoms with Crippen LogP contribution in [0.25, 0.3) is 0 Å². The van der Waals surface area contributed by atoms with E-state index in [2.05, 4.69) is 56.2 Å². The molecule has 1 aliphatic rings. The highest BCUT2D eigenvalue weighted by Crippen LogP contribution is 2.14. The molecule has 28 heavy (non-hydrogen) atoms. The lowest BCUT2D eigenvalue weighted by molar-refractivity contribution is 0.319. The van der Waals surface area contributed by atoms with E-state index < -0.39 is 0 Å². The quantitative estimate of drug-likeness (QED) is 0.693. The van der Waals surface area contributed by atoms with Crippen LogP contribution in [0.2, 0.25) is 0 Å². The van der Waals surface area contributed by atoms with Crippen molar-refractivity contribution in [2.24, 2.45) is 0 Å². The Bertz CT molecular complexity index is 924. The van der Waals surface area contributed by atoms with Crippen molar-refractivity contribution in [2.75, 3.05) is 13.1 Å². The average molecular weight is 371 g/mol. The van der Waals surface area contributed by atoms with E-state index in [0.29, 0.717) is 11.6 Å². The molecule has 1 fully saturated rings. The first kappa shape index (κ1) is 18.4. The van der Waals surface area contributed by atoms with Gasteiger partial charge in [-0.3, -0.25) is 4.90 Å². The van der Waals surface area contributed by atoms with Crippen LogP contribution in [0.15, 0.2) is 67.1 Å². The van der Waals surface area contributed by atoms with E-state index in [1.807, 2.05) is 36.8 Å². The summed E-state index contributed by atoms with van der Waals surface area (Å²) in [7, 11) is 0. The fourth-order valence-electron chi connectivity index (χ4n) is 3.75. The fourth-order valence-corrected chi connectivity index (χ4v) is 3.75. The van der Waals surface area contributed by atoms with Gasteiger partial charge in [0.25, 0.3) is 0 Å². The largest absolute Gasteiger partial charge is 0.329 e. The molecule has 0 unspecified atom stereocenters. The van der Waals surface area contributed by atoms with Crippen LogP contribution in [0, 0.1) is 11.3 Å². The Morgan fingerprint density at radius 2 is 1.82 bits per heavy atom. The normalized spacial score (nSPS) is 16.9. The van der Waals surface area contributed by atoms with Crippen molar-refractivity contribution >= 4 is 0 Å². The number of hydrogen-bond acceptors (Lipinski definition) is 4. The van der Waals surface area contributed by atoms with Gasteiger partial charge in [0.15, 0.2) is 0 Å². The molecule has 5 nitrogen and oxygen atoms in total. The lowest BCUT2D eigenvalue weighted by atomic mass is 10.1. The van der Waals surface area contributed by atoms with Gasteiger partial charge in [0, 0.05) is 45.0 Å². The molecular weight excluding hydrogens is 346 g/mol. The van der Waals surface area contributed by atoms with Crippen LogP contribution in [0.1, 0.15) is 28.8 Å². The van der Waals surface area contributed by atoms with Crippen molar-refractivity contribution in [1.82, 2.24) is 19.8 Å². The zero-order valence-corrected chi connectivity index (χ0v) is 16.0. The van der Waals surface area contributed by atoms with Crippen molar-refractivity contribution < 1.29 is 0 Å². The van der Waals surface area contributed by atoms with Gasteiger partial charge in [0.1, 0.15) is 0 Å². The van der Waals surface area contributed by atoms with Gasteiger partial charge in [-0.2, -0.15) is 5.26 Å². The first-order chi connectivity index (χ1) is 13.8. The zero-order chi connectivity index (χ0) is 19.2. The summed E-state index contributed by atoms with van der Waals surface area (Å²) in [5.41, 5.74) is 4.43. The van der Waals surface area contributed by atoms with Crippen molar-refractivity contribution in [3.8, 4) is 6.07 Å². The Kier molecular flexibility index (Phi) is 5.81. The minimum absolute atomic E-state index is 0.516. The Hall–Kier alpha value is -2.94. The highest BCUT2D eigenvalue weighted by molar-refractivity contribution is 5.31. The van der Waals surface area contributed by atoms with Crippen molar-refractivity contribution in [1.29, 1.82) is 5.26 Å². The standard InChI is InChI=1S/C23H25N5/c24-12-19-6-8-21(9-7-19)16-28-18-25-13-23(28)14-26-22-10-11-27(17-22)15-20-4-2-1-3-5-20/h1-9,13,18,22,26H,10-11,14-17H2/t22-/m1/s1. The molecule has 2 heterocycles. The highest BCUT2D eigenvalue weighted by Gasteiger charge is 2.22. The SMILES string of the molecule is N#Cc1ccc(Cn2cncc2CN[C@@H]2CCN(Cc3ccccc3)C2)cc1. The van der Waals surface area contributed by atoms with E-state index in [9.17, 15) is 0 Å². The van der Waals surface area contributed by atoms with Gasteiger partial charge < -0.3 is 9.88 Å². The van der Waals surface area contributed by atoms with Crippen molar-refractivity contribution in [3.05, 3.63) is 89.5 Å². The van der Waals surface area contributed by atoms with Gasteiger partial charge in [-0.05, 0) is 29.7 Å². The maximum absolute atomic E-state index is 8.93. The van der Waals surface area contributed by atoms with Crippen LogP contribution in [0.5, 0.6) is 0 Å². The van der Waals surface area contributed by atoms with Gasteiger partial charge in [0.05, 0.1) is 23.7 Å². The van der Waals surface area contributed by atoms with E-state index in [1.54, 1.807) is 0 Å². The molecule has 1 saturated heterocycles. The predicted octanol–water partition coefficient (Wildman–Crippen LogP) is 3.17. The first-order valence-electron chi connectivity index (χ1n) is 9.78. The topological polar surface area (TPSA) is 56.9 Å². The molecule has 1 atom stereocenters. The number of likely N-dealkylation sites (tertiary alicyclic amines) is 1. The summed E-state index contributed by atoms with van der Waals surface area (Å²) in [6.45, 7) is 4.83. The minimum Gasteiger partial charge on any atom is -0.329 e. The molecule has 4 rings (SSSR count).